The summed E-state index contributed by atoms with van der Waals surface area (Å²) in [5.74, 6) is 0. The second-order valence-electron chi connectivity index (χ2n) is 1.72. The van der Waals surface area contributed by atoms with E-state index in [1.807, 2.05) is 17.8 Å². The fourth-order valence-electron chi connectivity index (χ4n) is 0.535. The minimum absolute atomic E-state index is 0.927. The Morgan fingerprint density at radius 2 is 2.42 bits per heavy atom. The van der Waals surface area contributed by atoms with Gasteiger partial charge in [0.2, 0.25) is 0 Å². The Morgan fingerprint density at radius 3 is 2.75 bits per heavy atom. The summed E-state index contributed by atoms with van der Waals surface area (Å²) in [4.78, 5) is 12.2. The number of nitrogens with one attached hydrogen (secondary N) is 1. The van der Waals surface area contributed by atoms with Crippen molar-refractivity contribution in [1.29, 1.82) is 0 Å². The maximum atomic E-state index is 8.36. The molecule has 0 spiro atoms. The fraction of sp³-hybridized carbons (Fsp3) is 0.400. The highest BCUT2D eigenvalue weighted by Crippen LogP contribution is 1.76. The summed E-state index contributed by atoms with van der Waals surface area (Å²) in [5.41, 5.74) is 3.04. The summed E-state index contributed by atoms with van der Waals surface area (Å²) >= 11 is 0. The Labute approximate surface area is 68.7 Å². The molecule has 7 heteroatoms. The minimum atomic E-state index is -1.50. The maximum absolute atomic E-state index is 8.36. The number of hydrogen-bond acceptors (Lipinski definition) is 4. The first-order valence-electron chi connectivity index (χ1n) is 3.22. The first-order chi connectivity index (χ1) is 5.66. The third-order valence-corrected chi connectivity index (χ3v) is 0.845. The van der Waals surface area contributed by atoms with Crippen LogP contribution in [-0.2, 0) is 0 Å². The monoisotopic (exact) mass is 174 g/mol. The molecule has 0 fully saturated rings. The molecular formula is C5H10N4O3. The Balaban J connectivity index is 0.000000261. The zero-order valence-electron chi connectivity index (χ0n) is 6.54. The van der Waals surface area contributed by atoms with Crippen LogP contribution in [-0.4, -0.2) is 26.5 Å². The van der Waals surface area contributed by atoms with E-state index in [1.165, 1.54) is 0 Å². The van der Waals surface area contributed by atoms with Crippen molar-refractivity contribution in [3.63, 3.8) is 0 Å². The normalized spacial score (nSPS) is 8.08. The van der Waals surface area contributed by atoms with Gasteiger partial charge in [-0.1, -0.05) is 0 Å². The van der Waals surface area contributed by atoms with Crippen molar-refractivity contribution < 1.29 is 10.3 Å². The van der Waals surface area contributed by atoms with Crippen LogP contribution < -0.4 is 5.43 Å². The van der Waals surface area contributed by atoms with E-state index in [0.29, 0.717) is 0 Å². The van der Waals surface area contributed by atoms with Crippen molar-refractivity contribution >= 4 is 0 Å². The van der Waals surface area contributed by atoms with Gasteiger partial charge in [-0.3, -0.25) is 4.68 Å². The summed E-state index contributed by atoms with van der Waals surface area (Å²) in [6.07, 6.45) is 5.33. The molecule has 68 valence electrons. The van der Waals surface area contributed by atoms with Crippen LogP contribution in [0.1, 0.15) is 6.92 Å². The van der Waals surface area contributed by atoms with Crippen molar-refractivity contribution in [3.8, 4) is 0 Å². The lowest BCUT2D eigenvalue weighted by atomic mass is 10.8. The number of nitrogens with zero attached hydrogens (tertiary/aromatic N) is 3. The highest BCUT2D eigenvalue weighted by molar-refractivity contribution is 4.78. The fourth-order valence-corrected chi connectivity index (χ4v) is 0.535. The van der Waals surface area contributed by atoms with Gasteiger partial charge in [-0.05, 0) is 6.92 Å². The van der Waals surface area contributed by atoms with Crippen LogP contribution in [0.5, 0.6) is 0 Å². The van der Waals surface area contributed by atoms with Gasteiger partial charge >= 0.3 is 0 Å². The van der Waals surface area contributed by atoms with Crippen LogP contribution >= 0.6 is 0 Å². The Bertz CT molecular complexity index is 206. The van der Waals surface area contributed by atoms with Gasteiger partial charge in [-0.25, -0.2) is 4.98 Å². The van der Waals surface area contributed by atoms with Gasteiger partial charge in [0.1, 0.15) is 6.33 Å². The molecule has 0 aliphatic carbocycles. The Hall–Kier alpha value is -1.79. The third-order valence-electron chi connectivity index (χ3n) is 0.845. The van der Waals surface area contributed by atoms with E-state index in [2.05, 4.69) is 10.4 Å². The van der Waals surface area contributed by atoms with Gasteiger partial charge in [-0.15, -0.1) is 10.1 Å². The largest absolute Gasteiger partial charge is 0.328 e. The van der Waals surface area contributed by atoms with Gasteiger partial charge in [0, 0.05) is 18.9 Å². The van der Waals surface area contributed by atoms with E-state index in [1.54, 1.807) is 12.5 Å². The first-order valence-corrected chi connectivity index (χ1v) is 3.22. The van der Waals surface area contributed by atoms with Gasteiger partial charge in [-0.2, -0.15) is 0 Å². The van der Waals surface area contributed by atoms with Gasteiger partial charge < -0.3 is 10.6 Å². The molecule has 0 unspecified atom stereocenters. The molecule has 0 atom stereocenters. The molecule has 0 saturated carbocycles. The summed E-state index contributed by atoms with van der Waals surface area (Å²) in [6, 6.07) is 0. The third kappa shape index (κ3) is 6.33. The SMILES string of the molecule is CCNn1ccnc1.O=[N+]([O-])O. The molecule has 2 N–H and O–H groups in total. The molecule has 1 aromatic rings. The van der Waals surface area contributed by atoms with Crippen molar-refractivity contribution in [2.75, 3.05) is 12.0 Å². The molecule has 0 radical (unpaired) electrons. The van der Waals surface area contributed by atoms with Gasteiger partial charge in [0.25, 0.3) is 5.09 Å². The van der Waals surface area contributed by atoms with E-state index in [4.69, 9.17) is 15.3 Å². The van der Waals surface area contributed by atoms with Crippen LogP contribution in [0, 0.1) is 10.1 Å². The average Bonchev–Trinajstić information content (AvgIpc) is 2.39. The summed E-state index contributed by atoms with van der Waals surface area (Å²) in [7, 11) is 0. The number of imidazole rings is 1. The lowest BCUT2D eigenvalue weighted by Crippen LogP contribution is -2.10. The summed E-state index contributed by atoms with van der Waals surface area (Å²) < 4.78 is 1.82. The Morgan fingerprint density at radius 1 is 1.83 bits per heavy atom. The number of aromatic nitrogens is 2. The van der Waals surface area contributed by atoms with Crippen molar-refractivity contribution in [2.24, 2.45) is 0 Å². The van der Waals surface area contributed by atoms with E-state index in [0.717, 1.165) is 6.54 Å². The highest BCUT2D eigenvalue weighted by Gasteiger charge is 1.78. The average molecular weight is 174 g/mol. The maximum Gasteiger partial charge on any atom is 0.291 e. The van der Waals surface area contributed by atoms with Crippen LogP contribution in [0.25, 0.3) is 0 Å². The van der Waals surface area contributed by atoms with Crippen molar-refractivity contribution in [2.45, 2.75) is 6.92 Å². The number of hydrogen-bond donors (Lipinski definition) is 2. The molecule has 0 saturated heterocycles. The van der Waals surface area contributed by atoms with Crippen LogP contribution in [0.4, 0.5) is 0 Å². The van der Waals surface area contributed by atoms with Crippen LogP contribution in [0.3, 0.4) is 0 Å². The van der Waals surface area contributed by atoms with Crippen LogP contribution in [0.15, 0.2) is 18.7 Å². The molecule has 0 bridgehead atoms. The quantitative estimate of drug-likeness (QED) is 0.489. The molecule has 0 aliphatic rings. The summed E-state index contributed by atoms with van der Waals surface area (Å²) in [5, 5.41) is 13.6. The zero-order valence-corrected chi connectivity index (χ0v) is 6.54. The predicted molar refractivity (Wildman–Crippen MR) is 40.9 cm³/mol. The lowest BCUT2D eigenvalue weighted by molar-refractivity contribution is -0.742. The minimum Gasteiger partial charge on any atom is -0.328 e. The second-order valence-corrected chi connectivity index (χ2v) is 1.72. The van der Waals surface area contributed by atoms with Crippen LogP contribution in [0.2, 0.25) is 0 Å². The molecular weight excluding hydrogens is 164 g/mol. The number of rotatable bonds is 2. The topological polar surface area (TPSA) is 93.2 Å². The molecule has 1 heterocycles. The van der Waals surface area contributed by atoms with Gasteiger partial charge in [0.05, 0.1) is 0 Å². The van der Waals surface area contributed by atoms with Crippen molar-refractivity contribution in [3.05, 3.63) is 28.8 Å². The Kier molecular flexibility index (Phi) is 5.07. The standard InChI is InChI=1S/C5H9N3.HNO3/c1-2-7-8-4-3-6-5-8;2-1(3)4/h3-5,7H,2H2,1H3;(H,2,3,4). The molecule has 1 rings (SSSR count). The predicted octanol–water partition coefficient (Wildman–Crippen LogP) is 0.0988. The van der Waals surface area contributed by atoms with Gasteiger partial charge in [0.15, 0.2) is 0 Å². The second kappa shape index (κ2) is 5.96. The summed E-state index contributed by atoms with van der Waals surface area (Å²) in [6.45, 7) is 2.97. The van der Waals surface area contributed by atoms with E-state index < -0.39 is 5.09 Å². The molecule has 7 nitrogen and oxygen atoms in total. The molecule has 0 amide bonds. The molecule has 12 heavy (non-hydrogen) atoms. The smallest absolute Gasteiger partial charge is 0.291 e. The molecule has 1 aromatic heterocycles. The lowest BCUT2D eigenvalue weighted by Gasteiger charge is -1.99. The van der Waals surface area contributed by atoms with Crippen molar-refractivity contribution in [1.82, 2.24) is 9.66 Å². The van der Waals surface area contributed by atoms with E-state index in [-0.39, 0.29) is 0 Å². The molecule has 0 aromatic carbocycles. The molecule has 0 aliphatic heterocycles. The van der Waals surface area contributed by atoms with E-state index in [9.17, 15) is 0 Å². The van der Waals surface area contributed by atoms with E-state index >= 15 is 0 Å². The highest BCUT2D eigenvalue weighted by atomic mass is 16.9. The first kappa shape index (κ1) is 10.2. The zero-order chi connectivity index (χ0) is 9.40.